The van der Waals surface area contributed by atoms with E-state index in [1.807, 2.05) is 27.7 Å². The van der Waals surface area contributed by atoms with Crippen molar-refractivity contribution in [3.63, 3.8) is 0 Å². The molecule has 3 rings (SSSR count). The van der Waals surface area contributed by atoms with Crippen LogP contribution < -0.4 is 4.74 Å². The summed E-state index contributed by atoms with van der Waals surface area (Å²) in [6.07, 6.45) is 3.23. The smallest absolute Gasteiger partial charge is 0.410 e. The Bertz CT molecular complexity index is 725. The minimum atomic E-state index is -0.534. The van der Waals surface area contributed by atoms with E-state index >= 15 is 0 Å². The van der Waals surface area contributed by atoms with Crippen LogP contribution in [0.2, 0.25) is 0 Å². The Balaban J connectivity index is 1.51. The van der Waals surface area contributed by atoms with Crippen molar-refractivity contribution < 1.29 is 23.8 Å². The zero-order valence-corrected chi connectivity index (χ0v) is 18.4. The van der Waals surface area contributed by atoms with Crippen molar-refractivity contribution in [3.8, 4) is 5.88 Å². The van der Waals surface area contributed by atoms with Crippen LogP contribution in [0.3, 0.4) is 0 Å². The van der Waals surface area contributed by atoms with Crippen LogP contribution in [0.5, 0.6) is 5.88 Å². The van der Waals surface area contributed by atoms with Crippen LogP contribution in [0.1, 0.15) is 50.9 Å². The summed E-state index contributed by atoms with van der Waals surface area (Å²) in [6.45, 7) is 11.0. The molecule has 1 aromatic rings. The number of ether oxygens (including phenoxy) is 3. The van der Waals surface area contributed by atoms with Gasteiger partial charge in [-0.3, -0.25) is 4.79 Å². The van der Waals surface area contributed by atoms with Crippen molar-refractivity contribution in [2.45, 2.75) is 52.2 Å². The van der Waals surface area contributed by atoms with Gasteiger partial charge in [-0.1, -0.05) is 0 Å². The van der Waals surface area contributed by atoms with E-state index < -0.39 is 5.60 Å². The number of piperazine rings is 1. The fourth-order valence-corrected chi connectivity index (χ4v) is 3.63. The summed E-state index contributed by atoms with van der Waals surface area (Å²) >= 11 is 0. The second kappa shape index (κ2) is 9.64. The number of amides is 2. The second-order valence-corrected chi connectivity index (χ2v) is 9.03. The Morgan fingerprint density at radius 1 is 1.20 bits per heavy atom. The average Bonchev–Trinajstić information content (AvgIpc) is 2.71. The summed E-state index contributed by atoms with van der Waals surface area (Å²) in [4.78, 5) is 33.0. The molecule has 8 heteroatoms. The summed E-state index contributed by atoms with van der Waals surface area (Å²) in [5.74, 6) is 0.930. The lowest BCUT2D eigenvalue weighted by Crippen LogP contribution is -2.56. The van der Waals surface area contributed by atoms with Crippen LogP contribution in [0.4, 0.5) is 4.79 Å². The summed E-state index contributed by atoms with van der Waals surface area (Å²) in [6, 6.07) is 3.39. The molecule has 0 aromatic carbocycles. The van der Waals surface area contributed by atoms with Crippen molar-refractivity contribution >= 4 is 12.0 Å². The lowest BCUT2D eigenvalue weighted by Gasteiger charge is -2.40. The van der Waals surface area contributed by atoms with E-state index in [1.165, 1.54) is 0 Å². The maximum Gasteiger partial charge on any atom is 0.410 e. The Labute approximate surface area is 178 Å². The minimum Gasteiger partial charge on any atom is -0.477 e. The van der Waals surface area contributed by atoms with Crippen molar-refractivity contribution in [3.05, 3.63) is 23.9 Å². The van der Waals surface area contributed by atoms with Gasteiger partial charge >= 0.3 is 6.09 Å². The van der Waals surface area contributed by atoms with Crippen LogP contribution in [0.15, 0.2) is 18.3 Å². The summed E-state index contributed by atoms with van der Waals surface area (Å²) in [5, 5.41) is 0. The van der Waals surface area contributed by atoms with Crippen molar-refractivity contribution in [2.75, 3.05) is 39.5 Å². The number of hydrogen-bond donors (Lipinski definition) is 0. The molecular formula is C22H33N3O5. The van der Waals surface area contributed by atoms with E-state index in [1.54, 1.807) is 28.1 Å². The largest absolute Gasteiger partial charge is 0.477 e. The highest BCUT2D eigenvalue weighted by atomic mass is 16.6. The maximum atomic E-state index is 12.9. The molecule has 1 atom stereocenters. The lowest BCUT2D eigenvalue weighted by atomic mass is 10.0. The van der Waals surface area contributed by atoms with Gasteiger partial charge in [-0.05, 0) is 52.5 Å². The van der Waals surface area contributed by atoms with E-state index in [0.717, 1.165) is 26.1 Å². The van der Waals surface area contributed by atoms with Gasteiger partial charge in [0, 0.05) is 51.2 Å². The van der Waals surface area contributed by atoms with Gasteiger partial charge in [0.05, 0.1) is 12.2 Å². The molecule has 2 amide bonds. The first-order valence-corrected chi connectivity index (χ1v) is 10.7. The molecule has 0 saturated carbocycles. The van der Waals surface area contributed by atoms with E-state index in [9.17, 15) is 9.59 Å². The predicted octanol–water partition coefficient (Wildman–Crippen LogP) is 2.97. The average molecular weight is 420 g/mol. The van der Waals surface area contributed by atoms with Crippen LogP contribution in [0, 0.1) is 5.92 Å². The Hall–Kier alpha value is -2.35. The van der Waals surface area contributed by atoms with Gasteiger partial charge in [0.1, 0.15) is 5.60 Å². The fraction of sp³-hybridized carbons (Fsp3) is 0.682. The molecule has 166 valence electrons. The zero-order valence-electron chi connectivity index (χ0n) is 18.4. The third-order valence-electron chi connectivity index (χ3n) is 5.33. The topological polar surface area (TPSA) is 81.2 Å². The van der Waals surface area contributed by atoms with E-state index in [4.69, 9.17) is 14.2 Å². The number of nitrogens with zero attached hydrogens (tertiary/aromatic N) is 3. The van der Waals surface area contributed by atoms with E-state index in [0.29, 0.717) is 43.6 Å². The Morgan fingerprint density at radius 2 is 1.93 bits per heavy atom. The first-order chi connectivity index (χ1) is 14.2. The first kappa shape index (κ1) is 22.3. The molecule has 0 bridgehead atoms. The second-order valence-electron chi connectivity index (χ2n) is 9.03. The predicted molar refractivity (Wildman–Crippen MR) is 112 cm³/mol. The molecule has 8 nitrogen and oxygen atoms in total. The van der Waals surface area contributed by atoms with Crippen LogP contribution in [-0.4, -0.2) is 77.9 Å². The van der Waals surface area contributed by atoms with Gasteiger partial charge in [-0.15, -0.1) is 0 Å². The van der Waals surface area contributed by atoms with Gasteiger partial charge < -0.3 is 24.0 Å². The minimum absolute atomic E-state index is 0.0881. The highest BCUT2D eigenvalue weighted by Crippen LogP contribution is 2.19. The Morgan fingerprint density at radius 3 is 2.53 bits per heavy atom. The molecule has 0 unspecified atom stereocenters. The third kappa shape index (κ3) is 6.08. The van der Waals surface area contributed by atoms with Gasteiger partial charge in [0.25, 0.3) is 5.91 Å². The number of aromatic nitrogens is 1. The molecule has 1 aromatic heterocycles. The van der Waals surface area contributed by atoms with Gasteiger partial charge in [0.2, 0.25) is 5.88 Å². The number of pyridine rings is 1. The van der Waals surface area contributed by atoms with Gasteiger partial charge in [-0.25, -0.2) is 9.78 Å². The SMILES string of the molecule is C[C@H]1CN(C(=O)OC(C)(C)C)CCN1C(=O)c1ccc(OCC2CCOCC2)nc1. The van der Waals surface area contributed by atoms with Crippen molar-refractivity contribution in [2.24, 2.45) is 5.92 Å². The van der Waals surface area contributed by atoms with Crippen molar-refractivity contribution in [1.29, 1.82) is 0 Å². The molecule has 0 radical (unpaired) electrons. The number of rotatable bonds is 4. The lowest BCUT2D eigenvalue weighted by molar-refractivity contribution is 0.00616. The zero-order chi connectivity index (χ0) is 21.7. The standard InChI is InChI=1S/C22H33N3O5/c1-16-14-24(21(27)30-22(2,3)4)9-10-25(16)20(26)18-5-6-19(23-13-18)29-15-17-7-11-28-12-8-17/h5-6,13,16-17H,7-12,14-15H2,1-4H3/t16-/m0/s1. The summed E-state index contributed by atoms with van der Waals surface area (Å²) in [7, 11) is 0. The molecule has 0 spiro atoms. The quantitative estimate of drug-likeness (QED) is 0.746. The van der Waals surface area contributed by atoms with Crippen molar-refractivity contribution in [1.82, 2.24) is 14.8 Å². The Kier molecular flexibility index (Phi) is 7.18. The number of hydrogen-bond acceptors (Lipinski definition) is 6. The molecule has 2 fully saturated rings. The molecule has 0 N–H and O–H groups in total. The summed E-state index contributed by atoms with van der Waals surface area (Å²) in [5.41, 5.74) is -0.0148. The molecule has 0 aliphatic carbocycles. The highest BCUT2D eigenvalue weighted by Gasteiger charge is 2.32. The maximum absolute atomic E-state index is 12.9. The van der Waals surface area contributed by atoms with Crippen LogP contribution >= 0.6 is 0 Å². The third-order valence-corrected chi connectivity index (χ3v) is 5.33. The molecular weight excluding hydrogens is 386 g/mol. The van der Waals surface area contributed by atoms with Gasteiger partial charge in [-0.2, -0.15) is 0 Å². The molecule has 30 heavy (non-hydrogen) atoms. The number of carbonyl (C=O) groups is 2. The number of carbonyl (C=O) groups excluding carboxylic acids is 2. The monoisotopic (exact) mass is 419 g/mol. The van der Waals surface area contributed by atoms with E-state index in [-0.39, 0.29) is 18.0 Å². The van der Waals surface area contributed by atoms with Crippen LogP contribution in [0.25, 0.3) is 0 Å². The normalized spacial score (nSPS) is 20.7. The molecule has 2 aliphatic heterocycles. The first-order valence-electron chi connectivity index (χ1n) is 10.7. The fourth-order valence-electron chi connectivity index (χ4n) is 3.63. The molecule has 2 aliphatic rings. The van der Waals surface area contributed by atoms with Gasteiger partial charge in [0.15, 0.2) is 0 Å². The van der Waals surface area contributed by atoms with Crippen LogP contribution in [-0.2, 0) is 9.47 Å². The van der Waals surface area contributed by atoms with E-state index in [2.05, 4.69) is 4.98 Å². The molecule has 2 saturated heterocycles. The highest BCUT2D eigenvalue weighted by molar-refractivity contribution is 5.94. The summed E-state index contributed by atoms with van der Waals surface area (Å²) < 4.78 is 16.6. The molecule has 3 heterocycles.